The molecule has 5 heterocycles. The summed E-state index contributed by atoms with van der Waals surface area (Å²) in [5.41, 5.74) is 0.902. The van der Waals surface area contributed by atoms with Gasteiger partial charge in [-0.05, 0) is 30.0 Å². The van der Waals surface area contributed by atoms with E-state index >= 15 is 0 Å². The highest BCUT2D eigenvalue weighted by Gasteiger charge is 2.29. The largest absolute Gasteiger partial charge is 0.460 e. The lowest BCUT2D eigenvalue weighted by Gasteiger charge is -2.25. The van der Waals surface area contributed by atoms with E-state index in [-0.39, 0.29) is 11.8 Å². The molecule has 5 rings (SSSR count). The number of rotatable bonds is 5. The summed E-state index contributed by atoms with van der Waals surface area (Å²) in [6.07, 6.45) is 2.73. The standard InChI is InChI=1S/C21H22N2O4S/c24-20(6-4-15-3-5-18(26-15)19-2-1-11-28-19)23-9-7-17-16(12-23)22-21(27-17)14-8-10-25-13-14/h1-3,5,11,14H,4,6-10,12-13H2. The zero-order valence-electron chi connectivity index (χ0n) is 15.6. The predicted octanol–water partition coefficient (Wildman–Crippen LogP) is 4.02. The van der Waals surface area contributed by atoms with Crippen molar-refractivity contribution in [2.75, 3.05) is 19.8 Å². The van der Waals surface area contributed by atoms with Crippen LogP contribution in [0, 0.1) is 0 Å². The second kappa shape index (κ2) is 7.56. The van der Waals surface area contributed by atoms with E-state index in [4.69, 9.17) is 13.6 Å². The molecule has 146 valence electrons. The SMILES string of the molecule is O=C(CCc1ccc(-c2cccs2)o1)N1CCc2oc(C3CCOC3)nc2C1. The lowest BCUT2D eigenvalue weighted by molar-refractivity contribution is -0.132. The molecule has 1 fully saturated rings. The molecule has 3 aromatic rings. The normalized spacial score (nSPS) is 19.1. The summed E-state index contributed by atoms with van der Waals surface area (Å²) >= 11 is 1.65. The van der Waals surface area contributed by atoms with Crippen molar-refractivity contribution in [3.05, 3.63) is 52.8 Å². The molecule has 0 radical (unpaired) electrons. The van der Waals surface area contributed by atoms with Gasteiger partial charge < -0.3 is 18.5 Å². The number of thiophene rings is 1. The molecule has 0 N–H and O–H groups in total. The lowest BCUT2D eigenvalue weighted by atomic mass is 10.1. The van der Waals surface area contributed by atoms with Gasteiger partial charge in [-0.1, -0.05) is 6.07 Å². The van der Waals surface area contributed by atoms with Crippen LogP contribution in [0.4, 0.5) is 0 Å². The molecule has 0 saturated carbocycles. The number of aromatic nitrogens is 1. The Kier molecular flexibility index (Phi) is 4.78. The summed E-state index contributed by atoms with van der Waals surface area (Å²) in [6.45, 7) is 2.66. The first kappa shape index (κ1) is 17.7. The summed E-state index contributed by atoms with van der Waals surface area (Å²) in [4.78, 5) is 20.3. The highest BCUT2D eigenvalue weighted by Crippen LogP contribution is 2.30. The van der Waals surface area contributed by atoms with E-state index in [0.717, 1.165) is 53.2 Å². The van der Waals surface area contributed by atoms with Crippen molar-refractivity contribution < 1.29 is 18.4 Å². The van der Waals surface area contributed by atoms with Crippen LogP contribution in [0.5, 0.6) is 0 Å². The average molecular weight is 398 g/mol. The molecular formula is C21H22N2O4S. The molecule has 1 atom stereocenters. The van der Waals surface area contributed by atoms with Gasteiger partial charge in [-0.15, -0.1) is 11.3 Å². The molecule has 6 nitrogen and oxygen atoms in total. The minimum atomic E-state index is 0.133. The number of fused-ring (bicyclic) bond motifs is 1. The van der Waals surface area contributed by atoms with Crippen molar-refractivity contribution in [2.45, 2.75) is 38.1 Å². The molecule has 1 unspecified atom stereocenters. The van der Waals surface area contributed by atoms with E-state index in [1.54, 1.807) is 11.3 Å². The van der Waals surface area contributed by atoms with E-state index < -0.39 is 0 Å². The highest BCUT2D eigenvalue weighted by atomic mass is 32.1. The zero-order valence-corrected chi connectivity index (χ0v) is 16.4. The Bertz CT molecular complexity index is 953. The number of nitrogens with zero attached hydrogens (tertiary/aromatic N) is 2. The average Bonchev–Trinajstić information content (AvgIpc) is 3.50. The van der Waals surface area contributed by atoms with Crippen LogP contribution < -0.4 is 0 Å². The zero-order chi connectivity index (χ0) is 18.9. The van der Waals surface area contributed by atoms with Crippen molar-refractivity contribution >= 4 is 17.2 Å². The number of aryl methyl sites for hydroxylation is 1. The number of oxazole rings is 1. The summed E-state index contributed by atoms with van der Waals surface area (Å²) in [5, 5.41) is 2.03. The Hall–Kier alpha value is -2.38. The van der Waals surface area contributed by atoms with Crippen LogP contribution in [0.1, 0.15) is 41.9 Å². The van der Waals surface area contributed by atoms with Gasteiger partial charge in [0.2, 0.25) is 5.91 Å². The maximum absolute atomic E-state index is 12.7. The number of ether oxygens (including phenoxy) is 1. The van der Waals surface area contributed by atoms with E-state index in [1.807, 2.05) is 34.5 Å². The molecule has 1 amide bonds. The second-order valence-electron chi connectivity index (χ2n) is 7.29. The van der Waals surface area contributed by atoms with E-state index in [1.165, 1.54) is 0 Å². The van der Waals surface area contributed by atoms with Gasteiger partial charge in [-0.25, -0.2) is 4.98 Å². The molecule has 0 bridgehead atoms. The van der Waals surface area contributed by atoms with Crippen LogP contribution >= 0.6 is 11.3 Å². The molecular weight excluding hydrogens is 376 g/mol. The first-order valence-electron chi connectivity index (χ1n) is 9.73. The second-order valence-corrected chi connectivity index (χ2v) is 8.24. The van der Waals surface area contributed by atoms with E-state index in [0.29, 0.717) is 32.5 Å². The van der Waals surface area contributed by atoms with Gasteiger partial charge in [0.15, 0.2) is 5.89 Å². The van der Waals surface area contributed by atoms with E-state index in [9.17, 15) is 4.79 Å². The van der Waals surface area contributed by atoms with Crippen LogP contribution in [0.3, 0.4) is 0 Å². The van der Waals surface area contributed by atoms with Gasteiger partial charge >= 0.3 is 0 Å². The molecule has 28 heavy (non-hydrogen) atoms. The quantitative estimate of drug-likeness (QED) is 0.649. The van der Waals surface area contributed by atoms with Crippen molar-refractivity contribution in [1.82, 2.24) is 9.88 Å². The fourth-order valence-corrected chi connectivity index (χ4v) is 4.47. The molecule has 0 aliphatic carbocycles. The van der Waals surface area contributed by atoms with Crippen molar-refractivity contribution in [3.8, 4) is 10.6 Å². The van der Waals surface area contributed by atoms with Crippen LogP contribution in [-0.4, -0.2) is 35.5 Å². The number of carbonyl (C=O) groups excluding carboxylic acids is 1. The number of amides is 1. The van der Waals surface area contributed by atoms with Crippen LogP contribution in [0.25, 0.3) is 10.6 Å². The van der Waals surface area contributed by atoms with Gasteiger partial charge in [0.25, 0.3) is 0 Å². The van der Waals surface area contributed by atoms with Gasteiger partial charge in [0, 0.05) is 32.4 Å². The van der Waals surface area contributed by atoms with Gasteiger partial charge in [-0.3, -0.25) is 4.79 Å². The maximum Gasteiger partial charge on any atom is 0.223 e. The van der Waals surface area contributed by atoms with E-state index in [2.05, 4.69) is 4.98 Å². The summed E-state index contributed by atoms with van der Waals surface area (Å²) < 4.78 is 17.3. The number of hydrogen-bond acceptors (Lipinski definition) is 6. The molecule has 3 aromatic heterocycles. The topological polar surface area (TPSA) is 68.7 Å². The van der Waals surface area contributed by atoms with Crippen molar-refractivity contribution in [1.29, 1.82) is 0 Å². The monoisotopic (exact) mass is 398 g/mol. The third kappa shape index (κ3) is 3.52. The number of hydrogen-bond donors (Lipinski definition) is 0. The predicted molar refractivity (Wildman–Crippen MR) is 104 cm³/mol. The molecule has 2 aliphatic rings. The van der Waals surface area contributed by atoms with Crippen LogP contribution in [0.15, 0.2) is 38.5 Å². The Morgan fingerprint density at radius 3 is 3.07 bits per heavy atom. The van der Waals surface area contributed by atoms with Gasteiger partial charge in [0.1, 0.15) is 23.0 Å². The molecule has 0 spiro atoms. The minimum Gasteiger partial charge on any atom is -0.460 e. The summed E-state index contributed by atoms with van der Waals surface area (Å²) in [6, 6.07) is 7.98. The fraction of sp³-hybridized carbons (Fsp3) is 0.429. The first-order chi connectivity index (χ1) is 13.8. The Morgan fingerprint density at radius 2 is 2.25 bits per heavy atom. The first-order valence-corrected chi connectivity index (χ1v) is 10.6. The number of carbonyl (C=O) groups is 1. The third-order valence-corrected chi connectivity index (χ3v) is 6.27. The summed E-state index contributed by atoms with van der Waals surface area (Å²) in [5.74, 6) is 3.80. The van der Waals surface area contributed by atoms with Gasteiger partial charge in [0.05, 0.1) is 23.9 Å². The molecule has 0 aromatic carbocycles. The number of furan rings is 1. The Balaban J connectivity index is 1.19. The van der Waals surface area contributed by atoms with Crippen molar-refractivity contribution in [3.63, 3.8) is 0 Å². The highest BCUT2D eigenvalue weighted by molar-refractivity contribution is 7.13. The van der Waals surface area contributed by atoms with Gasteiger partial charge in [-0.2, -0.15) is 0 Å². The lowest BCUT2D eigenvalue weighted by Crippen LogP contribution is -2.35. The van der Waals surface area contributed by atoms with Crippen LogP contribution in [-0.2, 0) is 28.9 Å². The minimum absolute atomic E-state index is 0.133. The summed E-state index contributed by atoms with van der Waals surface area (Å²) in [7, 11) is 0. The molecule has 7 heteroatoms. The van der Waals surface area contributed by atoms with Crippen molar-refractivity contribution in [2.24, 2.45) is 0 Å². The molecule has 2 aliphatic heterocycles. The Labute approximate surface area is 167 Å². The van der Waals surface area contributed by atoms with Crippen LogP contribution in [0.2, 0.25) is 0 Å². The Morgan fingerprint density at radius 1 is 1.29 bits per heavy atom. The maximum atomic E-state index is 12.7. The fourth-order valence-electron chi connectivity index (χ4n) is 3.79. The smallest absolute Gasteiger partial charge is 0.223 e. The third-order valence-electron chi connectivity index (χ3n) is 5.39. The molecule has 1 saturated heterocycles.